The highest BCUT2D eigenvalue weighted by molar-refractivity contribution is 7.99. The second-order valence-corrected chi connectivity index (χ2v) is 6.09. The number of anilines is 1. The van der Waals surface area contributed by atoms with E-state index in [1.54, 1.807) is 32.2 Å². The molecule has 0 spiro atoms. The van der Waals surface area contributed by atoms with Gasteiger partial charge in [-0.25, -0.2) is 0 Å². The fourth-order valence-corrected chi connectivity index (χ4v) is 2.73. The number of para-hydroxylation sites is 2. The van der Waals surface area contributed by atoms with Gasteiger partial charge in [0.2, 0.25) is 5.91 Å². The summed E-state index contributed by atoms with van der Waals surface area (Å²) < 4.78 is 15.7. The molecule has 0 unspecified atom stereocenters. The first-order valence-corrected chi connectivity index (χ1v) is 8.47. The first-order valence-electron chi connectivity index (χ1n) is 7.48. The van der Waals surface area contributed by atoms with Crippen molar-refractivity contribution in [1.29, 1.82) is 0 Å². The van der Waals surface area contributed by atoms with E-state index in [9.17, 15) is 4.79 Å². The van der Waals surface area contributed by atoms with Crippen molar-refractivity contribution in [3.63, 3.8) is 0 Å². The summed E-state index contributed by atoms with van der Waals surface area (Å²) in [6.07, 6.45) is 0.295. The van der Waals surface area contributed by atoms with Crippen molar-refractivity contribution in [2.24, 2.45) is 0 Å². The molecule has 1 aromatic carbocycles. The minimum atomic E-state index is -0.121. The average Bonchev–Trinajstić information content (AvgIpc) is 3.24. The van der Waals surface area contributed by atoms with Crippen molar-refractivity contribution in [2.45, 2.75) is 18.6 Å². The van der Waals surface area contributed by atoms with Crippen molar-refractivity contribution in [3.8, 4) is 17.3 Å². The Morgan fingerprint density at radius 3 is 2.92 bits per heavy atom. The highest BCUT2D eigenvalue weighted by atomic mass is 32.2. The number of nitrogens with zero attached hydrogens (tertiary/aromatic N) is 3. The van der Waals surface area contributed by atoms with Crippen LogP contribution in [-0.4, -0.2) is 34.1 Å². The van der Waals surface area contributed by atoms with Crippen LogP contribution in [0.25, 0.3) is 11.6 Å². The molecular formula is C16H16N4O4S. The molecule has 2 aromatic heterocycles. The van der Waals surface area contributed by atoms with E-state index in [-0.39, 0.29) is 11.8 Å². The number of carbonyl (C=O) groups is 1. The summed E-state index contributed by atoms with van der Waals surface area (Å²) in [6.45, 7) is 1.78. The van der Waals surface area contributed by atoms with Crippen LogP contribution in [0, 0.1) is 6.92 Å². The molecule has 0 aliphatic carbocycles. The van der Waals surface area contributed by atoms with Crippen LogP contribution in [0.4, 0.5) is 5.69 Å². The van der Waals surface area contributed by atoms with Crippen LogP contribution in [0.3, 0.4) is 0 Å². The Balaban J connectivity index is 1.49. The fourth-order valence-electron chi connectivity index (χ4n) is 2.03. The Labute approximate surface area is 147 Å². The number of benzene rings is 1. The van der Waals surface area contributed by atoms with Gasteiger partial charge in [-0.2, -0.15) is 0 Å². The molecule has 2 heterocycles. The summed E-state index contributed by atoms with van der Waals surface area (Å²) in [5, 5.41) is 14.8. The lowest BCUT2D eigenvalue weighted by atomic mass is 10.3. The molecule has 130 valence electrons. The van der Waals surface area contributed by atoms with Gasteiger partial charge in [0, 0.05) is 18.2 Å². The molecule has 0 atom stereocenters. The molecule has 8 nitrogen and oxygen atoms in total. The van der Waals surface area contributed by atoms with Gasteiger partial charge in [-0.05, 0) is 19.1 Å². The van der Waals surface area contributed by atoms with E-state index in [0.717, 1.165) is 0 Å². The molecule has 0 fully saturated rings. The summed E-state index contributed by atoms with van der Waals surface area (Å²) in [4.78, 5) is 12.0. The summed E-state index contributed by atoms with van der Waals surface area (Å²) in [5.74, 6) is 1.95. The Morgan fingerprint density at radius 1 is 1.32 bits per heavy atom. The SMILES string of the molecule is COc1ccccc1NC(=O)CCSc1nnc(-c2cc(C)on2)o1. The second kappa shape index (κ2) is 7.84. The third-order valence-corrected chi connectivity index (χ3v) is 4.01. The van der Waals surface area contributed by atoms with Gasteiger partial charge in [-0.1, -0.05) is 29.1 Å². The number of aromatic nitrogens is 3. The lowest BCUT2D eigenvalue weighted by Gasteiger charge is -2.09. The van der Waals surface area contributed by atoms with Crippen molar-refractivity contribution in [1.82, 2.24) is 15.4 Å². The normalized spacial score (nSPS) is 10.6. The van der Waals surface area contributed by atoms with Crippen molar-refractivity contribution in [3.05, 3.63) is 36.1 Å². The van der Waals surface area contributed by atoms with Gasteiger partial charge in [0.05, 0.1) is 12.8 Å². The molecule has 0 radical (unpaired) electrons. The number of carbonyl (C=O) groups excluding carboxylic acids is 1. The minimum absolute atomic E-state index is 0.121. The van der Waals surface area contributed by atoms with E-state index < -0.39 is 0 Å². The van der Waals surface area contributed by atoms with Crippen LogP contribution in [-0.2, 0) is 4.79 Å². The number of rotatable bonds is 7. The van der Waals surface area contributed by atoms with Crippen LogP contribution < -0.4 is 10.1 Å². The molecule has 1 amide bonds. The molecule has 1 N–H and O–H groups in total. The zero-order chi connectivity index (χ0) is 17.6. The van der Waals surface area contributed by atoms with E-state index in [4.69, 9.17) is 13.7 Å². The third-order valence-electron chi connectivity index (χ3n) is 3.19. The zero-order valence-corrected chi connectivity index (χ0v) is 14.5. The summed E-state index contributed by atoms with van der Waals surface area (Å²) >= 11 is 1.30. The van der Waals surface area contributed by atoms with E-state index in [0.29, 0.717) is 40.3 Å². The first kappa shape index (κ1) is 17.0. The molecular weight excluding hydrogens is 344 g/mol. The largest absolute Gasteiger partial charge is 0.495 e. The van der Waals surface area contributed by atoms with Crippen LogP contribution >= 0.6 is 11.8 Å². The number of ether oxygens (including phenoxy) is 1. The monoisotopic (exact) mass is 360 g/mol. The molecule has 9 heteroatoms. The Morgan fingerprint density at radius 2 is 2.16 bits per heavy atom. The first-order chi connectivity index (χ1) is 12.2. The average molecular weight is 360 g/mol. The number of methoxy groups -OCH3 is 1. The lowest BCUT2D eigenvalue weighted by molar-refractivity contribution is -0.115. The van der Waals surface area contributed by atoms with Crippen molar-refractivity contribution < 1.29 is 18.5 Å². The maximum Gasteiger partial charge on any atom is 0.276 e. The molecule has 0 aliphatic heterocycles. The summed E-state index contributed by atoms with van der Waals surface area (Å²) in [7, 11) is 1.56. The summed E-state index contributed by atoms with van der Waals surface area (Å²) in [5.41, 5.74) is 1.13. The lowest BCUT2D eigenvalue weighted by Crippen LogP contribution is -2.12. The maximum atomic E-state index is 12.0. The van der Waals surface area contributed by atoms with Crippen LogP contribution in [0.5, 0.6) is 5.75 Å². The summed E-state index contributed by atoms with van der Waals surface area (Å²) in [6, 6.07) is 8.96. The van der Waals surface area contributed by atoms with E-state index >= 15 is 0 Å². The second-order valence-electron chi connectivity index (χ2n) is 5.04. The highest BCUT2D eigenvalue weighted by Crippen LogP contribution is 2.25. The van der Waals surface area contributed by atoms with Crippen molar-refractivity contribution in [2.75, 3.05) is 18.2 Å². The molecule has 3 rings (SSSR count). The van der Waals surface area contributed by atoms with Gasteiger partial charge >= 0.3 is 0 Å². The number of amides is 1. The fraction of sp³-hybridized carbons (Fsp3) is 0.250. The predicted molar refractivity (Wildman–Crippen MR) is 91.5 cm³/mol. The van der Waals surface area contributed by atoms with Crippen LogP contribution in [0.1, 0.15) is 12.2 Å². The van der Waals surface area contributed by atoms with Gasteiger partial charge in [0.25, 0.3) is 11.1 Å². The molecule has 0 saturated carbocycles. The van der Waals surface area contributed by atoms with Crippen molar-refractivity contribution >= 4 is 23.4 Å². The van der Waals surface area contributed by atoms with Gasteiger partial charge in [-0.15, -0.1) is 10.2 Å². The molecule has 25 heavy (non-hydrogen) atoms. The molecule has 3 aromatic rings. The van der Waals surface area contributed by atoms with E-state index in [1.807, 2.05) is 12.1 Å². The van der Waals surface area contributed by atoms with Crippen LogP contribution in [0.2, 0.25) is 0 Å². The van der Waals surface area contributed by atoms with E-state index in [1.165, 1.54) is 11.8 Å². The zero-order valence-electron chi connectivity index (χ0n) is 13.7. The standard InChI is InChI=1S/C16H16N4O4S/c1-10-9-12(20-24-10)15-18-19-16(23-15)25-8-7-14(21)17-11-5-3-4-6-13(11)22-2/h3-6,9H,7-8H2,1-2H3,(H,17,21). The molecule has 0 bridgehead atoms. The molecule has 0 saturated heterocycles. The predicted octanol–water partition coefficient (Wildman–Crippen LogP) is 3.16. The van der Waals surface area contributed by atoms with Gasteiger partial charge in [-0.3, -0.25) is 4.79 Å². The smallest absolute Gasteiger partial charge is 0.276 e. The topological polar surface area (TPSA) is 103 Å². The van der Waals surface area contributed by atoms with Crippen LogP contribution in [0.15, 0.2) is 44.5 Å². The number of nitrogens with one attached hydrogen (secondary N) is 1. The maximum absolute atomic E-state index is 12.0. The minimum Gasteiger partial charge on any atom is -0.495 e. The Bertz CT molecular complexity index is 861. The van der Waals surface area contributed by atoms with Gasteiger partial charge in [0.1, 0.15) is 11.5 Å². The highest BCUT2D eigenvalue weighted by Gasteiger charge is 2.13. The van der Waals surface area contributed by atoms with Gasteiger partial charge in [0.15, 0.2) is 5.69 Å². The molecule has 0 aliphatic rings. The Hall–Kier alpha value is -2.81. The number of hydrogen-bond acceptors (Lipinski definition) is 8. The number of hydrogen-bond donors (Lipinski definition) is 1. The number of thioether (sulfide) groups is 1. The van der Waals surface area contributed by atoms with Gasteiger partial charge < -0.3 is 19.0 Å². The third kappa shape index (κ3) is 4.38. The number of aryl methyl sites for hydroxylation is 1. The Kier molecular flexibility index (Phi) is 5.34. The van der Waals surface area contributed by atoms with E-state index in [2.05, 4.69) is 20.7 Å². The quantitative estimate of drug-likeness (QED) is 0.641.